The highest BCUT2D eigenvalue weighted by atomic mass is 32.2. The fourth-order valence-electron chi connectivity index (χ4n) is 2.34. The van der Waals surface area contributed by atoms with Gasteiger partial charge in [0.2, 0.25) is 11.8 Å². The van der Waals surface area contributed by atoms with Crippen LogP contribution in [0.5, 0.6) is 5.75 Å². The van der Waals surface area contributed by atoms with Gasteiger partial charge < -0.3 is 15.4 Å². The van der Waals surface area contributed by atoms with E-state index in [9.17, 15) is 22.8 Å². The van der Waals surface area contributed by atoms with E-state index in [-0.39, 0.29) is 29.5 Å². The van der Waals surface area contributed by atoms with Gasteiger partial charge in [0.15, 0.2) is 5.17 Å². The molecule has 0 radical (unpaired) electrons. The van der Waals surface area contributed by atoms with Gasteiger partial charge in [-0.05, 0) is 24.3 Å². The normalized spacial score (nSPS) is 22.3. The van der Waals surface area contributed by atoms with Crippen molar-refractivity contribution in [2.24, 2.45) is 10.9 Å². The first-order valence-electron chi connectivity index (χ1n) is 7.46. The average Bonchev–Trinajstić information content (AvgIpc) is 3.03. The Bertz CT molecular complexity index is 726. The lowest BCUT2D eigenvalue weighted by Crippen LogP contribution is -2.46. The van der Waals surface area contributed by atoms with Crippen molar-refractivity contribution in [1.82, 2.24) is 16.2 Å². The molecule has 140 valence electrons. The minimum Gasteiger partial charge on any atom is -0.406 e. The molecule has 2 aliphatic heterocycles. The third kappa shape index (κ3) is 4.86. The maximum absolute atomic E-state index is 12.1. The molecule has 0 aromatic heterocycles. The maximum atomic E-state index is 12.1. The number of amidine groups is 1. The molecule has 2 atom stereocenters. The van der Waals surface area contributed by atoms with Crippen LogP contribution in [0, 0.1) is 5.92 Å². The van der Waals surface area contributed by atoms with E-state index in [0.717, 1.165) is 23.9 Å². The number of carbonyl (C=O) groups is 2. The molecular formula is C14H14F3N5O3S. The molecule has 0 aliphatic carbocycles. The summed E-state index contributed by atoms with van der Waals surface area (Å²) < 4.78 is 40.0. The van der Waals surface area contributed by atoms with Crippen molar-refractivity contribution in [2.75, 3.05) is 17.6 Å². The lowest BCUT2D eigenvalue weighted by molar-refractivity contribution is -0.274. The van der Waals surface area contributed by atoms with E-state index in [1.54, 1.807) is 0 Å². The molecule has 2 amide bonds. The van der Waals surface area contributed by atoms with Gasteiger partial charge in [0.05, 0.1) is 11.7 Å². The van der Waals surface area contributed by atoms with Crippen LogP contribution in [-0.2, 0) is 9.59 Å². The van der Waals surface area contributed by atoms with Gasteiger partial charge in [-0.3, -0.25) is 15.0 Å². The van der Waals surface area contributed by atoms with Gasteiger partial charge in [0.1, 0.15) is 11.9 Å². The molecule has 0 spiro atoms. The predicted molar refractivity (Wildman–Crippen MR) is 88.2 cm³/mol. The minimum absolute atomic E-state index is 0.0231. The summed E-state index contributed by atoms with van der Waals surface area (Å²) in [5.41, 5.74) is 6.03. The van der Waals surface area contributed by atoms with Crippen molar-refractivity contribution < 1.29 is 27.5 Å². The Morgan fingerprint density at radius 1 is 1.35 bits per heavy atom. The summed E-state index contributed by atoms with van der Waals surface area (Å²) in [6.45, 7) is 0.479. The molecular weight excluding hydrogens is 375 g/mol. The number of ether oxygens (including phenoxy) is 1. The summed E-state index contributed by atoms with van der Waals surface area (Å²) in [7, 11) is 0. The Labute approximate surface area is 149 Å². The van der Waals surface area contributed by atoms with Crippen LogP contribution in [0.3, 0.4) is 0 Å². The third-order valence-corrected chi connectivity index (χ3v) is 4.38. The van der Waals surface area contributed by atoms with E-state index in [1.807, 2.05) is 0 Å². The second-order valence-electron chi connectivity index (χ2n) is 5.41. The van der Waals surface area contributed by atoms with Gasteiger partial charge in [-0.15, -0.1) is 13.2 Å². The molecule has 1 aromatic rings. The molecule has 8 nitrogen and oxygen atoms in total. The lowest BCUT2D eigenvalue weighted by Gasteiger charge is -2.21. The number of fused-ring (bicyclic) bond motifs is 1. The molecule has 2 heterocycles. The SMILES string of the molecule is O=C(CSC1=NC2NNCC2C(=O)N1)Nc1ccc(OC(F)(F)F)cc1. The van der Waals surface area contributed by atoms with E-state index >= 15 is 0 Å². The van der Waals surface area contributed by atoms with Crippen LogP contribution in [0.2, 0.25) is 0 Å². The van der Waals surface area contributed by atoms with Crippen LogP contribution >= 0.6 is 11.8 Å². The van der Waals surface area contributed by atoms with E-state index in [2.05, 4.69) is 31.2 Å². The van der Waals surface area contributed by atoms with Crippen molar-refractivity contribution in [2.45, 2.75) is 12.5 Å². The van der Waals surface area contributed by atoms with Crippen molar-refractivity contribution in [1.29, 1.82) is 0 Å². The molecule has 12 heteroatoms. The molecule has 1 aromatic carbocycles. The zero-order chi connectivity index (χ0) is 18.7. The van der Waals surface area contributed by atoms with E-state index in [0.29, 0.717) is 17.4 Å². The molecule has 4 N–H and O–H groups in total. The first-order valence-corrected chi connectivity index (χ1v) is 8.44. The number of anilines is 1. The molecule has 3 rings (SSSR count). The van der Waals surface area contributed by atoms with Crippen LogP contribution in [0.25, 0.3) is 0 Å². The topological polar surface area (TPSA) is 104 Å². The monoisotopic (exact) mass is 389 g/mol. The second-order valence-corrected chi connectivity index (χ2v) is 6.37. The number of hydrazine groups is 1. The fourth-order valence-corrected chi connectivity index (χ4v) is 3.05. The quantitative estimate of drug-likeness (QED) is 0.607. The van der Waals surface area contributed by atoms with Crippen molar-refractivity contribution in [3.63, 3.8) is 0 Å². The molecule has 0 saturated carbocycles. The van der Waals surface area contributed by atoms with Gasteiger partial charge in [-0.25, -0.2) is 10.4 Å². The van der Waals surface area contributed by atoms with E-state index in [1.165, 1.54) is 12.1 Å². The number of amides is 2. The Kier molecular flexibility index (Phi) is 5.34. The molecule has 0 bridgehead atoms. The van der Waals surface area contributed by atoms with Crippen LogP contribution in [0.4, 0.5) is 18.9 Å². The predicted octanol–water partition coefficient (Wildman–Crippen LogP) is 0.793. The smallest absolute Gasteiger partial charge is 0.406 e. The Hall–Kier alpha value is -2.31. The number of thioether (sulfide) groups is 1. The summed E-state index contributed by atoms with van der Waals surface area (Å²) >= 11 is 1.05. The minimum atomic E-state index is -4.77. The van der Waals surface area contributed by atoms with Crippen LogP contribution in [-0.4, -0.2) is 41.8 Å². The standard InChI is InChI=1S/C14H14F3N5O3S/c15-14(16,17)25-8-3-1-7(2-4-8)19-10(23)6-26-13-20-11-9(5-18-22-11)12(24)21-13/h1-4,9,11,18,22H,5-6H2,(H,19,23)(H,20,21,24). The first kappa shape index (κ1) is 18.5. The summed E-state index contributed by atoms with van der Waals surface area (Å²) in [4.78, 5) is 28.1. The number of hydrogen-bond donors (Lipinski definition) is 4. The Morgan fingerprint density at radius 3 is 2.77 bits per heavy atom. The zero-order valence-corrected chi connectivity index (χ0v) is 13.9. The summed E-state index contributed by atoms with van der Waals surface area (Å²) in [6.07, 6.45) is -5.13. The van der Waals surface area contributed by atoms with Gasteiger partial charge >= 0.3 is 6.36 Å². The largest absolute Gasteiger partial charge is 0.573 e. The summed E-state index contributed by atoms with van der Waals surface area (Å²) in [5, 5.41) is 5.49. The highest BCUT2D eigenvalue weighted by molar-refractivity contribution is 8.14. The van der Waals surface area contributed by atoms with Crippen LogP contribution in [0.1, 0.15) is 0 Å². The van der Waals surface area contributed by atoms with E-state index < -0.39 is 12.3 Å². The van der Waals surface area contributed by atoms with E-state index in [4.69, 9.17) is 0 Å². The number of nitrogens with zero attached hydrogens (tertiary/aromatic N) is 1. The van der Waals surface area contributed by atoms with Gasteiger partial charge in [0.25, 0.3) is 0 Å². The van der Waals surface area contributed by atoms with Crippen molar-refractivity contribution in [3.8, 4) is 5.75 Å². The number of benzene rings is 1. The van der Waals surface area contributed by atoms with Gasteiger partial charge in [-0.2, -0.15) is 0 Å². The Balaban J connectivity index is 1.49. The second kappa shape index (κ2) is 7.51. The average molecular weight is 389 g/mol. The zero-order valence-electron chi connectivity index (χ0n) is 13.1. The molecule has 2 aliphatic rings. The molecule has 2 unspecified atom stereocenters. The van der Waals surface area contributed by atoms with Gasteiger partial charge in [-0.1, -0.05) is 11.8 Å². The third-order valence-electron chi connectivity index (χ3n) is 3.49. The van der Waals surface area contributed by atoms with Crippen molar-refractivity contribution in [3.05, 3.63) is 24.3 Å². The number of aliphatic imine (C=N–C) groups is 1. The first-order chi connectivity index (χ1) is 12.3. The molecule has 1 saturated heterocycles. The molecule has 26 heavy (non-hydrogen) atoms. The lowest BCUT2D eigenvalue weighted by atomic mass is 10.1. The number of hydrogen-bond acceptors (Lipinski definition) is 7. The fraction of sp³-hybridized carbons (Fsp3) is 0.357. The highest BCUT2D eigenvalue weighted by Gasteiger charge is 2.37. The van der Waals surface area contributed by atoms with Crippen molar-refractivity contribution >= 4 is 34.4 Å². The Morgan fingerprint density at radius 2 is 2.08 bits per heavy atom. The number of nitrogens with one attached hydrogen (secondary N) is 4. The van der Waals surface area contributed by atoms with Gasteiger partial charge in [0, 0.05) is 12.2 Å². The number of carbonyl (C=O) groups excluding carboxylic acids is 2. The number of rotatable bonds is 4. The molecule has 1 fully saturated rings. The highest BCUT2D eigenvalue weighted by Crippen LogP contribution is 2.24. The summed E-state index contributed by atoms with van der Waals surface area (Å²) in [5.74, 6) is -1.26. The number of alkyl halides is 3. The maximum Gasteiger partial charge on any atom is 0.573 e. The number of halogens is 3. The summed E-state index contributed by atoms with van der Waals surface area (Å²) in [6, 6.07) is 4.78. The van der Waals surface area contributed by atoms with Crippen LogP contribution < -0.4 is 26.2 Å². The van der Waals surface area contributed by atoms with Crippen LogP contribution in [0.15, 0.2) is 29.3 Å².